The Bertz CT molecular complexity index is 950. The number of rotatable bonds is 7. The van der Waals surface area contributed by atoms with E-state index in [1.165, 1.54) is 6.08 Å². The monoisotopic (exact) mass is 386 g/mol. The molecule has 1 aliphatic rings. The fourth-order valence-electron chi connectivity index (χ4n) is 2.71. The summed E-state index contributed by atoms with van der Waals surface area (Å²) in [7, 11) is -3.57. The second-order valence-corrected chi connectivity index (χ2v) is 8.07. The van der Waals surface area contributed by atoms with Gasteiger partial charge in [-0.1, -0.05) is 23.8 Å². The minimum atomic E-state index is -3.57. The summed E-state index contributed by atoms with van der Waals surface area (Å²) in [5, 5.41) is 2.66. The topological polar surface area (TPSA) is 84.5 Å². The molecule has 0 bridgehead atoms. The lowest BCUT2D eigenvalue weighted by atomic mass is 10.1. The first-order valence-electron chi connectivity index (χ1n) is 8.72. The smallest absolute Gasteiger partial charge is 0.244 e. The van der Waals surface area contributed by atoms with Crippen LogP contribution < -0.4 is 14.8 Å². The van der Waals surface area contributed by atoms with E-state index in [9.17, 15) is 13.2 Å². The number of carbonyl (C=O) groups is 1. The van der Waals surface area contributed by atoms with Gasteiger partial charge in [-0.3, -0.25) is 4.79 Å². The van der Waals surface area contributed by atoms with Gasteiger partial charge in [-0.15, -0.1) is 0 Å². The first-order chi connectivity index (χ1) is 12.9. The van der Waals surface area contributed by atoms with Crippen molar-refractivity contribution in [3.63, 3.8) is 0 Å². The average molecular weight is 386 g/mol. The number of amides is 1. The largest absolute Gasteiger partial charge is 0.493 e. The number of carbonyl (C=O) groups excluding carboxylic acids is 1. The second kappa shape index (κ2) is 8.37. The van der Waals surface area contributed by atoms with E-state index < -0.39 is 10.0 Å². The van der Waals surface area contributed by atoms with Gasteiger partial charge in [-0.25, -0.2) is 13.1 Å². The van der Waals surface area contributed by atoms with Gasteiger partial charge in [0.25, 0.3) is 0 Å². The number of hydrogen-bond donors (Lipinski definition) is 2. The molecule has 0 saturated heterocycles. The van der Waals surface area contributed by atoms with Gasteiger partial charge in [-0.2, -0.15) is 0 Å². The Kier molecular flexibility index (Phi) is 5.93. The lowest BCUT2D eigenvalue weighted by Gasteiger charge is -2.07. The molecule has 1 heterocycles. The zero-order valence-corrected chi connectivity index (χ0v) is 15.9. The Morgan fingerprint density at radius 1 is 1.15 bits per heavy atom. The van der Waals surface area contributed by atoms with Crippen molar-refractivity contribution >= 4 is 22.0 Å². The van der Waals surface area contributed by atoms with Crippen molar-refractivity contribution in [2.24, 2.45) is 0 Å². The number of hydrogen-bond acceptors (Lipinski definition) is 4. The number of fused-ring (bicyclic) bond motifs is 1. The third kappa shape index (κ3) is 5.18. The van der Waals surface area contributed by atoms with Gasteiger partial charge in [0.05, 0.1) is 11.5 Å². The van der Waals surface area contributed by atoms with Gasteiger partial charge < -0.3 is 10.1 Å². The highest BCUT2D eigenvalue weighted by Crippen LogP contribution is 2.26. The standard InChI is InChI=1S/C20H22N2O4S/c1-15-2-6-18(7-3-15)27(24,25)22-12-11-21-20(23)9-5-16-4-8-19-17(14-16)10-13-26-19/h2-9,14,22H,10-13H2,1H3,(H,21,23)/b9-5+. The van der Waals surface area contributed by atoms with E-state index >= 15 is 0 Å². The molecular weight excluding hydrogens is 364 g/mol. The highest BCUT2D eigenvalue weighted by atomic mass is 32.2. The van der Waals surface area contributed by atoms with E-state index in [-0.39, 0.29) is 23.9 Å². The third-order valence-electron chi connectivity index (χ3n) is 4.19. The molecule has 3 rings (SSSR count). The summed E-state index contributed by atoms with van der Waals surface area (Å²) in [6.07, 6.45) is 4.04. The molecule has 142 valence electrons. The van der Waals surface area contributed by atoms with Gasteiger partial charge in [0.1, 0.15) is 5.75 Å². The predicted octanol–water partition coefficient (Wildman–Crippen LogP) is 2.04. The minimum absolute atomic E-state index is 0.117. The quantitative estimate of drug-likeness (QED) is 0.563. The molecule has 1 amide bonds. The zero-order chi connectivity index (χ0) is 19.3. The summed E-state index contributed by atoms with van der Waals surface area (Å²) in [6, 6.07) is 12.4. The molecule has 27 heavy (non-hydrogen) atoms. The molecule has 0 aromatic heterocycles. The van der Waals surface area contributed by atoms with Crippen LogP contribution in [0.1, 0.15) is 16.7 Å². The van der Waals surface area contributed by atoms with E-state index in [4.69, 9.17) is 4.74 Å². The Hall–Kier alpha value is -2.64. The normalized spacial score (nSPS) is 13.4. The maximum atomic E-state index is 12.1. The summed E-state index contributed by atoms with van der Waals surface area (Å²) < 4.78 is 32.2. The molecule has 0 spiro atoms. The summed E-state index contributed by atoms with van der Waals surface area (Å²) in [6.45, 7) is 2.91. The first-order valence-corrected chi connectivity index (χ1v) is 10.2. The van der Waals surface area contributed by atoms with Crippen LogP contribution in [0.25, 0.3) is 6.08 Å². The second-order valence-electron chi connectivity index (χ2n) is 6.30. The molecule has 2 aromatic rings. The number of ether oxygens (including phenoxy) is 1. The molecule has 0 fully saturated rings. The SMILES string of the molecule is Cc1ccc(S(=O)(=O)NCCNC(=O)/C=C/c2ccc3c(c2)CCO3)cc1. The molecule has 0 unspecified atom stereocenters. The maximum Gasteiger partial charge on any atom is 0.244 e. The van der Waals surface area contributed by atoms with Crippen molar-refractivity contribution in [1.29, 1.82) is 0 Å². The molecule has 0 aliphatic carbocycles. The minimum Gasteiger partial charge on any atom is -0.493 e. The van der Waals surface area contributed by atoms with Gasteiger partial charge in [-0.05, 0) is 48.4 Å². The Morgan fingerprint density at radius 2 is 1.93 bits per heavy atom. The molecule has 2 N–H and O–H groups in total. The molecular formula is C20H22N2O4S. The van der Waals surface area contributed by atoms with E-state index in [0.29, 0.717) is 6.61 Å². The van der Waals surface area contributed by atoms with Gasteiger partial charge >= 0.3 is 0 Å². The average Bonchev–Trinajstić information content (AvgIpc) is 3.12. The third-order valence-corrected chi connectivity index (χ3v) is 5.67. The number of nitrogens with one attached hydrogen (secondary N) is 2. The van der Waals surface area contributed by atoms with E-state index in [1.807, 2.05) is 25.1 Å². The van der Waals surface area contributed by atoms with Crippen molar-refractivity contribution in [1.82, 2.24) is 10.0 Å². The lowest BCUT2D eigenvalue weighted by molar-refractivity contribution is -0.116. The summed E-state index contributed by atoms with van der Waals surface area (Å²) in [5.41, 5.74) is 3.06. The van der Waals surface area contributed by atoms with Crippen LogP contribution in [-0.2, 0) is 21.2 Å². The van der Waals surface area contributed by atoms with Crippen molar-refractivity contribution in [3.05, 3.63) is 65.2 Å². The van der Waals surface area contributed by atoms with Crippen LogP contribution in [0.5, 0.6) is 5.75 Å². The molecule has 2 aromatic carbocycles. The Morgan fingerprint density at radius 3 is 2.70 bits per heavy atom. The molecule has 0 atom stereocenters. The van der Waals surface area contributed by atoms with Gasteiger partial charge in [0, 0.05) is 25.6 Å². The van der Waals surface area contributed by atoms with Crippen LogP contribution in [-0.4, -0.2) is 34.0 Å². The van der Waals surface area contributed by atoms with Crippen LogP contribution in [0.15, 0.2) is 53.4 Å². The summed E-state index contributed by atoms with van der Waals surface area (Å²) in [5.74, 6) is 0.624. The molecule has 0 radical (unpaired) electrons. The van der Waals surface area contributed by atoms with Crippen LogP contribution in [0.3, 0.4) is 0 Å². The zero-order valence-electron chi connectivity index (χ0n) is 15.1. The van der Waals surface area contributed by atoms with Crippen molar-refractivity contribution in [3.8, 4) is 5.75 Å². The summed E-state index contributed by atoms with van der Waals surface area (Å²) >= 11 is 0. The van der Waals surface area contributed by atoms with Crippen LogP contribution in [0, 0.1) is 6.92 Å². The number of sulfonamides is 1. The van der Waals surface area contributed by atoms with E-state index in [0.717, 1.165) is 28.9 Å². The highest BCUT2D eigenvalue weighted by molar-refractivity contribution is 7.89. The van der Waals surface area contributed by atoms with Gasteiger partial charge in [0.15, 0.2) is 0 Å². The van der Waals surface area contributed by atoms with Crippen molar-refractivity contribution < 1.29 is 17.9 Å². The Labute approximate surface area is 159 Å². The maximum absolute atomic E-state index is 12.1. The fraction of sp³-hybridized carbons (Fsp3) is 0.250. The van der Waals surface area contributed by atoms with Crippen LogP contribution >= 0.6 is 0 Å². The van der Waals surface area contributed by atoms with E-state index in [2.05, 4.69) is 10.0 Å². The fourth-order valence-corrected chi connectivity index (χ4v) is 3.74. The first kappa shape index (κ1) is 19.1. The van der Waals surface area contributed by atoms with Crippen molar-refractivity contribution in [2.75, 3.05) is 19.7 Å². The molecule has 6 nitrogen and oxygen atoms in total. The predicted molar refractivity (Wildman–Crippen MR) is 104 cm³/mol. The molecule has 0 saturated carbocycles. The molecule has 1 aliphatic heterocycles. The number of benzene rings is 2. The van der Waals surface area contributed by atoms with Crippen molar-refractivity contribution in [2.45, 2.75) is 18.2 Å². The van der Waals surface area contributed by atoms with E-state index in [1.54, 1.807) is 30.3 Å². The molecule has 7 heteroatoms. The van der Waals surface area contributed by atoms with Crippen LogP contribution in [0.2, 0.25) is 0 Å². The van der Waals surface area contributed by atoms with Gasteiger partial charge in [0.2, 0.25) is 15.9 Å². The number of aryl methyl sites for hydroxylation is 1. The lowest BCUT2D eigenvalue weighted by Crippen LogP contribution is -2.34. The van der Waals surface area contributed by atoms with Crippen LogP contribution in [0.4, 0.5) is 0 Å². The Balaban J connectivity index is 1.45. The highest BCUT2D eigenvalue weighted by Gasteiger charge is 2.13. The summed E-state index contributed by atoms with van der Waals surface area (Å²) in [4.78, 5) is 12.1.